The van der Waals surface area contributed by atoms with Crippen molar-refractivity contribution in [3.05, 3.63) is 65.7 Å². The number of para-hydroxylation sites is 1. The van der Waals surface area contributed by atoms with Gasteiger partial charge in [-0.15, -0.1) is 24.0 Å². The first-order valence-electron chi connectivity index (χ1n) is 9.70. The van der Waals surface area contributed by atoms with Crippen molar-refractivity contribution in [1.29, 1.82) is 0 Å². The van der Waals surface area contributed by atoms with Crippen LogP contribution in [0.25, 0.3) is 0 Å². The highest BCUT2D eigenvalue weighted by molar-refractivity contribution is 14.0. The molecule has 0 aliphatic carbocycles. The Morgan fingerprint density at radius 3 is 2.64 bits per heavy atom. The Kier molecular flexibility index (Phi) is 7.56. The molecule has 0 amide bonds. The quantitative estimate of drug-likeness (QED) is 0.383. The molecule has 2 aromatic rings. The predicted octanol–water partition coefficient (Wildman–Crippen LogP) is 4.07. The Balaban J connectivity index is 0.00000225. The van der Waals surface area contributed by atoms with Crippen LogP contribution in [0.5, 0.6) is 5.75 Å². The SMILES string of the molecule is CN=C(NCC1CCOC1c1ccccc1)NC1CCOc2ccccc21.I. The fraction of sp³-hybridized carbons (Fsp3) is 0.409. The highest BCUT2D eigenvalue weighted by Crippen LogP contribution is 2.34. The summed E-state index contributed by atoms with van der Waals surface area (Å²) in [6.45, 7) is 2.37. The molecule has 2 heterocycles. The van der Waals surface area contributed by atoms with Gasteiger partial charge in [0.2, 0.25) is 0 Å². The lowest BCUT2D eigenvalue weighted by Crippen LogP contribution is -2.43. The highest BCUT2D eigenvalue weighted by Gasteiger charge is 2.30. The van der Waals surface area contributed by atoms with Crippen LogP contribution in [-0.4, -0.2) is 32.8 Å². The zero-order valence-corrected chi connectivity index (χ0v) is 18.5. The van der Waals surface area contributed by atoms with E-state index >= 15 is 0 Å². The van der Waals surface area contributed by atoms with Crippen LogP contribution in [0.2, 0.25) is 0 Å². The number of aliphatic imine (C=N–C) groups is 1. The van der Waals surface area contributed by atoms with Crippen molar-refractivity contribution < 1.29 is 9.47 Å². The predicted molar refractivity (Wildman–Crippen MR) is 122 cm³/mol. The van der Waals surface area contributed by atoms with Crippen molar-refractivity contribution in [2.45, 2.75) is 25.0 Å². The normalized spacial score (nSPS) is 23.9. The number of nitrogens with zero attached hydrogens (tertiary/aromatic N) is 1. The molecule has 3 unspecified atom stereocenters. The number of hydrogen-bond acceptors (Lipinski definition) is 3. The molecule has 2 aliphatic rings. The van der Waals surface area contributed by atoms with E-state index in [4.69, 9.17) is 9.47 Å². The minimum atomic E-state index is 0. The first kappa shape index (κ1) is 20.9. The molecule has 0 radical (unpaired) electrons. The number of ether oxygens (including phenoxy) is 2. The first-order valence-corrected chi connectivity index (χ1v) is 9.70. The molecule has 0 aromatic heterocycles. The van der Waals surface area contributed by atoms with E-state index in [-0.39, 0.29) is 36.1 Å². The average Bonchev–Trinajstić information content (AvgIpc) is 3.20. The van der Waals surface area contributed by atoms with Crippen molar-refractivity contribution in [3.63, 3.8) is 0 Å². The van der Waals surface area contributed by atoms with Crippen LogP contribution in [0, 0.1) is 5.92 Å². The van der Waals surface area contributed by atoms with E-state index in [9.17, 15) is 0 Å². The van der Waals surface area contributed by atoms with E-state index in [1.54, 1.807) is 0 Å². The van der Waals surface area contributed by atoms with Crippen LogP contribution in [0.3, 0.4) is 0 Å². The molecule has 0 spiro atoms. The van der Waals surface area contributed by atoms with Crippen molar-refractivity contribution in [2.75, 3.05) is 26.8 Å². The average molecular weight is 493 g/mol. The molecule has 0 bridgehead atoms. The van der Waals surface area contributed by atoms with Crippen molar-refractivity contribution >= 4 is 29.9 Å². The standard InChI is InChI=1S/C22H27N3O2.HI/c1-23-22(25-19-12-14-26-20-10-6-5-9-18(19)20)24-15-17-11-13-27-21(17)16-7-3-2-4-8-16;/h2-10,17,19,21H,11-15H2,1H3,(H2,23,24,25);1H. The molecule has 2 aliphatic heterocycles. The minimum Gasteiger partial charge on any atom is -0.493 e. The summed E-state index contributed by atoms with van der Waals surface area (Å²) >= 11 is 0. The molecular weight excluding hydrogens is 465 g/mol. The second-order valence-corrected chi connectivity index (χ2v) is 7.08. The van der Waals surface area contributed by atoms with Gasteiger partial charge in [-0.2, -0.15) is 0 Å². The number of nitrogens with one attached hydrogen (secondary N) is 2. The van der Waals surface area contributed by atoms with Crippen molar-refractivity contribution in [2.24, 2.45) is 10.9 Å². The van der Waals surface area contributed by atoms with Crippen molar-refractivity contribution in [3.8, 4) is 5.75 Å². The van der Waals surface area contributed by atoms with Crippen LogP contribution in [0.15, 0.2) is 59.6 Å². The fourth-order valence-electron chi connectivity index (χ4n) is 3.93. The molecule has 150 valence electrons. The van der Waals surface area contributed by atoms with E-state index in [0.29, 0.717) is 5.92 Å². The van der Waals surface area contributed by atoms with Gasteiger partial charge in [-0.25, -0.2) is 0 Å². The molecular formula is C22H28IN3O2. The zero-order chi connectivity index (χ0) is 18.5. The second kappa shape index (κ2) is 10.1. The van der Waals surface area contributed by atoms with Gasteiger partial charge in [-0.3, -0.25) is 4.99 Å². The lowest BCUT2D eigenvalue weighted by Gasteiger charge is -2.28. The summed E-state index contributed by atoms with van der Waals surface area (Å²) in [5, 5.41) is 7.07. The summed E-state index contributed by atoms with van der Waals surface area (Å²) in [4.78, 5) is 4.43. The molecule has 3 atom stereocenters. The van der Waals surface area contributed by atoms with Gasteiger partial charge in [0.05, 0.1) is 18.8 Å². The van der Waals surface area contributed by atoms with E-state index in [2.05, 4.69) is 52.0 Å². The number of halogens is 1. The zero-order valence-electron chi connectivity index (χ0n) is 16.1. The highest BCUT2D eigenvalue weighted by atomic mass is 127. The lowest BCUT2D eigenvalue weighted by molar-refractivity contribution is 0.0915. The van der Waals surface area contributed by atoms with Crippen LogP contribution in [-0.2, 0) is 4.74 Å². The third kappa shape index (κ3) is 4.78. The Labute approximate surface area is 183 Å². The number of benzene rings is 2. The van der Waals surface area contributed by atoms with Gasteiger partial charge in [-0.1, -0.05) is 48.5 Å². The van der Waals surface area contributed by atoms with Crippen LogP contribution in [0.4, 0.5) is 0 Å². The van der Waals surface area contributed by atoms with E-state index < -0.39 is 0 Å². The van der Waals surface area contributed by atoms with Crippen LogP contribution < -0.4 is 15.4 Å². The van der Waals surface area contributed by atoms with Gasteiger partial charge >= 0.3 is 0 Å². The molecule has 2 N–H and O–H groups in total. The maximum atomic E-state index is 6.00. The summed E-state index contributed by atoms with van der Waals surface area (Å²) in [6, 6.07) is 18.9. The van der Waals surface area contributed by atoms with Crippen molar-refractivity contribution in [1.82, 2.24) is 10.6 Å². The summed E-state index contributed by atoms with van der Waals surface area (Å²) < 4.78 is 11.8. The van der Waals surface area contributed by atoms with Gasteiger partial charge in [0.15, 0.2) is 5.96 Å². The molecule has 5 nitrogen and oxygen atoms in total. The summed E-state index contributed by atoms with van der Waals surface area (Å²) in [5.74, 6) is 2.23. The monoisotopic (exact) mass is 493 g/mol. The number of hydrogen-bond donors (Lipinski definition) is 2. The van der Waals surface area contributed by atoms with Crippen LogP contribution >= 0.6 is 24.0 Å². The fourth-order valence-corrected chi connectivity index (χ4v) is 3.93. The minimum absolute atomic E-state index is 0. The Hall–Kier alpha value is -1.80. The Morgan fingerprint density at radius 2 is 1.82 bits per heavy atom. The van der Waals surface area contributed by atoms with Gasteiger partial charge in [0, 0.05) is 38.1 Å². The molecule has 0 saturated carbocycles. The summed E-state index contributed by atoms with van der Waals surface area (Å²) in [7, 11) is 1.82. The number of fused-ring (bicyclic) bond motifs is 1. The molecule has 28 heavy (non-hydrogen) atoms. The van der Waals surface area contributed by atoms with E-state index in [1.807, 2.05) is 25.2 Å². The maximum absolute atomic E-state index is 6.00. The topological polar surface area (TPSA) is 54.9 Å². The smallest absolute Gasteiger partial charge is 0.191 e. The Morgan fingerprint density at radius 1 is 1.04 bits per heavy atom. The van der Waals surface area contributed by atoms with Gasteiger partial charge in [0.25, 0.3) is 0 Å². The van der Waals surface area contributed by atoms with Crippen LogP contribution in [0.1, 0.15) is 36.1 Å². The van der Waals surface area contributed by atoms with Gasteiger partial charge in [0.1, 0.15) is 5.75 Å². The Bertz CT molecular complexity index is 784. The maximum Gasteiger partial charge on any atom is 0.191 e. The third-order valence-electron chi connectivity index (χ3n) is 5.37. The molecule has 6 heteroatoms. The number of rotatable bonds is 4. The molecule has 1 saturated heterocycles. The van der Waals surface area contributed by atoms with Gasteiger partial charge in [-0.05, 0) is 18.1 Å². The second-order valence-electron chi connectivity index (χ2n) is 7.08. The van der Waals surface area contributed by atoms with Gasteiger partial charge < -0.3 is 20.1 Å². The van der Waals surface area contributed by atoms with E-state index in [0.717, 1.165) is 44.3 Å². The summed E-state index contributed by atoms with van der Waals surface area (Å²) in [6.07, 6.45) is 2.14. The largest absolute Gasteiger partial charge is 0.493 e. The lowest BCUT2D eigenvalue weighted by atomic mass is 9.95. The first-order chi connectivity index (χ1) is 13.3. The number of guanidine groups is 1. The molecule has 4 rings (SSSR count). The molecule has 1 fully saturated rings. The third-order valence-corrected chi connectivity index (χ3v) is 5.37. The van der Waals surface area contributed by atoms with E-state index in [1.165, 1.54) is 11.1 Å². The summed E-state index contributed by atoms with van der Waals surface area (Å²) in [5.41, 5.74) is 2.45. The molecule has 2 aromatic carbocycles.